The van der Waals surface area contributed by atoms with Gasteiger partial charge in [-0.3, -0.25) is 5.41 Å². The molecule has 0 saturated carbocycles. The van der Waals surface area contributed by atoms with Crippen LogP contribution in [0.1, 0.15) is 0 Å². The molecule has 1 saturated heterocycles. The number of para-hydroxylation sites is 1. The molecular formula is C11H17N5O2S. The highest BCUT2D eigenvalue weighted by Crippen LogP contribution is 2.16. The normalized spacial score (nSPS) is 17.2. The Bertz CT molecular complexity index is 537. The number of nitrogens with two attached hydrogens (primary N) is 1. The SMILES string of the molecule is N=C(N)NS(=O)(=O)N1CCN(c2ccccc2)CC1. The van der Waals surface area contributed by atoms with Gasteiger partial charge in [0.1, 0.15) is 0 Å². The van der Waals surface area contributed by atoms with Gasteiger partial charge in [0.15, 0.2) is 0 Å². The summed E-state index contributed by atoms with van der Waals surface area (Å²) in [4.78, 5) is 2.12. The zero-order valence-electron chi connectivity index (χ0n) is 10.4. The average molecular weight is 283 g/mol. The molecule has 4 N–H and O–H groups in total. The molecule has 0 radical (unpaired) electrons. The second kappa shape index (κ2) is 5.45. The number of anilines is 1. The minimum absolute atomic E-state index is 0.373. The summed E-state index contributed by atoms with van der Waals surface area (Å²) in [6, 6.07) is 9.85. The molecule has 0 aliphatic carbocycles. The Labute approximate surface area is 112 Å². The van der Waals surface area contributed by atoms with Crippen molar-refractivity contribution < 1.29 is 8.42 Å². The molecule has 7 nitrogen and oxygen atoms in total. The summed E-state index contributed by atoms with van der Waals surface area (Å²) >= 11 is 0. The second-order valence-corrected chi connectivity index (χ2v) is 5.91. The van der Waals surface area contributed by atoms with Crippen LogP contribution in [0, 0.1) is 5.41 Å². The van der Waals surface area contributed by atoms with Crippen LogP contribution in [0.15, 0.2) is 30.3 Å². The molecule has 1 aromatic rings. The Kier molecular flexibility index (Phi) is 3.91. The van der Waals surface area contributed by atoms with E-state index in [0.717, 1.165) is 5.69 Å². The van der Waals surface area contributed by atoms with Crippen LogP contribution in [-0.2, 0) is 10.2 Å². The lowest BCUT2D eigenvalue weighted by Crippen LogP contribution is -2.53. The van der Waals surface area contributed by atoms with E-state index in [0.29, 0.717) is 26.2 Å². The molecule has 104 valence electrons. The fourth-order valence-electron chi connectivity index (χ4n) is 2.03. The van der Waals surface area contributed by atoms with Gasteiger partial charge in [0.05, 0.1) is 0 Å². The predicted molar refractivity (Wildman–Crippen MR) is 74.2 cm³/mol. The van der Waals surface area contributed by atoms with E-state index in [-0.39, 0.29) is 0 Å². The standard InChI is InChI=1S/C11H17N5O2S/c12-11(13)14-19(17,18)16-8-6-15(7-9-16)10-4-2-1-3-5-10/h1-5H,6-9H2,(H4,12,13,14). The van der Waals surface area contributed by atoms with Gasteiger partial charge in [0.25, 0.3) is 0 Å². The van der Waals surface area contributed by atoms with Crippen LogP contribution in [0.25, 0.3) is 0 Å². The lowest BCUT2D eigenvalue weighted by Gasteiger charge is -2.35. The molecule has 0 bridgehead atoms. The van der Waals surface area contributed by atoms with E-state index in [1.54, 1.807) is 0 Å². The number of guanidine groups is 1. The van der Waals surface area contributed by atoms with Gasteiger partial charge >= 0.3 is 10.2 Å². The van der Waals surface area contributed by atoms with E-state index in [2.05, 4.69) is 4.90 Å². The summed E-state index contributed by atoms with van der Waals surface area (Å²) in [5.41, 5.74) is 6.14. The Morgan fingerprint density at radius 2 is 1.74 bits per heavy atom. The van der Waals surface area contributed by atoms with Crippen LogP contribution in [0.4, 0.5) is 5.69 Å². The van der Waals surface area contributed by atoms with E-state index in [1.807, 2.05) is 35.1 Å². The van der Waals surface area contributed by atoms with Crippen LogP contribution in [-0.4, -0.2) is 44.9 Å². The summed E-state index contributed by atoms with van der Waals surface area (Å²) < 4.78 is 26.9. The van der Waals surface area contributed by atoms with Crippen molar-refractivity contribution in [3.63, 3.8) is 0 Å². The Balaban J connectivity index is 1.98. The van der Waals surface area contributed by atoms with E-state index < -0.39 is 16.2 Å². The molecule has 19 heavy (non-hydrogen) atoms. The van der Waals surface area contributed by atoms with Gasteiger partial charge < -0.3 is 10.6 Å². The smallest absolute Gasteiger partial charge is 0.304 e. The van der Waals surface area contributed by atoms with E-state index in [4.69, 9.17) is 11.1 Å². The molecular weight excluding hydrogens is 266 g/mol. The third-order valence-corrected chi connectivity index (χ3v) is 4.46. The number of rotatable bonds is 3. The summed E-state index contributed by atoms with van der Waals surface area (Å²) in [7, 11) is -3.68. The van der Waals surface area contributed by atoms with Gasteiger partial charge in [-0.15, -0.1) is 0 Å². The van der Waals surface area contributed by atoms with Crippen molar-refractivity contribution in [1.29, 1.82) is 5.41 Å². The Hall–Kier alpha value is -1.80. The van der Waals surface area contributed by atoms with Gasteiger partial charge in [0, 0.05) is 31.9 Å². The Morgan fingerprint density at radius 3 is 2.26 bits per heavy atom. The van der Waals surface area contributed by atoms with Crippen LogP contribution < -0.4 is 15.4 Å². The molecule has 0 unspecified atom stereocenters. The van der Waals surface area contributed by atoms with Crippen molar-refractivity contribution in [2.45, 2.75) is 0 Å². The molecule has 8 heteroatoms. The maximum atomic E-state index is 11.8. The molecule has 0 aromatic heterocycles. The first-order valence-electron chi connectivity index (χ1n) is 5.91. The zero-order valence-corrected chi connectivity index (χ0v) is 11.2. The van der Waals surface area contributed by atoms with Crippen LogP contribution >= 0.6 is 0 Å². The van der Waals surface area contributed by atoms with Crippen molar-refractivity contribution in [1.82, 2.24) is 9.03 Å². The lowest BCUT2D eigenvalue weighted by molar-refractivity contribution is 0.382. The molecule has 0 spiro atoms. The predicted octanol–water partition coefficient (Wildman–Crippen LogP) is -0.464. The van der Waals surface area contributed by atoms with Crippen LogP contribution in [0.2, 0.25) is 0 Å². The third-order valence-electron chi connectivity index (χ3n) is 2.94. The van der Waals surface area contributed by atoms with E-state index in [9.17, 15) is 8.42 Å². The largest absolute Gasteiger partial charge is 0.369 e. The highest BCUT2D eigenvalue weighted by molar-refractivity contribution is 7.87. The van der Waals surface area contributed by atoms with E-state index in [1.165, 1.54) is 4.31 Å². The maximum Gasteiger partial charge on any atom is 0.304 e. The number of piperazine rings is 1. The summed E-state index contributed by atoms with van der Waals surface area (Å²) in [5.74, 6) is -0.564. The van der Waals surface area contributed by atoms with Gasteiger partial charge in [-0.2, -0.15) is 12.7 Å². The van der Waals surface area contributed by atoms with Gasteiger partial charge in [-0.1, -0.05) is 18.2 Å². The highest BCUT2D eigenvalue weighted by atomic mass is 32.2. The minimum Gasteiger partial charge on any atom is -0.369 e. The molecule has 1 aliphatic heterocycles. The number of benzene rings is 1. The van der Waals surface area contributed by atoms with E-state index >= 15 is 0 Å². The number of nitrogens with zero attached hydrogens (tertiary/aromatic N) is 2. The molecule has 1 heterocycles. The maximum absolute atomic E-state index is 11.8. The number of hydrogen-bond donors (Lipinski definition) is 3. The van der Waals surface area contributed by atoms with Crippen molar-refractivity contribution in [2.24, 2.45) is 5.73 Å². The molecule has 1 aromatic carbocycles. The average Bonchev–Trinajstić information content (AvgIpc) is 2.38. The highest BCUT2D eigenvalue weighted by Gasteiger charge is 2.27. The Morgan fingerprint density at radius 1 is 1.16 bits per heavy atom. The molecule has 1 aliphatic rings. The zero-order chi connectivity index (χ0) is 13.9. The van der Waals surface area contributed by atoms with Gasteiger partial charge in [-0.05, 0) is 12.1 Å². The number of nitrogens with one attached hydrogen (secondary N) is 2. The first-order chi connectivity index (χ1) is 8.99. The van der Waals surface area contributed by atoms with Crippen LogP contribution in [0.3, 0.4) is 0 Å². The summed E-state index contributed by atoms with van der Waals surface area (Å²) in [6.45, 7) is 1.97. The first kappa shape index (κ1) is 13.6. The van der Waals surface area contributed by atoms with Crippen LogP contribution in [0.5, 0.6) is 0 Å². The summed E-state index contributed by atoms with van der Waals surface area (Å²) in [5, 5.41) is 6.99. The molecule has 2 rings (SSSR count). The topological polar surface area (TPSA) is 103 Å². The third kappa shape index (κ3) is 3.36. The lowest BCUT2D eigenvalue weighted by atomic mass is 10.2. The van der Waals surface area contributed by atoms with Crippen molar-refractivity contribution >= 4 is 21.9 Å². The minimum atomic E-state index is -3.68. The fourth-order valence-corrected chi connectivity index (χ4v) is 3.08. The van der Waals surface area contributed by atoms with Crippen molar-refractivity contribution in [3.05, 3.63) is 30.3 Å². The summed E-state index contributed by atoms with van der Waals surface area (Å²) in [6.07, 6.45) is 0. The quantitative estimate of drug-likeness (QED) is 0.516. The monoisotopic (exact) mass is 283 g/mol. The fraction of sp³-hybridized carbons (Fsp3) is 0.364. The molecule has 0 amide bonds. The van der Waals surface area contributed by atoms with Crippen molar-refractivity contribution in [2.75, 3.05) is 31.1 Å². The first-order valence-corrected chi connectivity index (χ1v) is 7.35. The molecule has 0 atom stereocenters. The van der Waals surface area contributed by atoms with Crippen molar-refractivity contribution in [3.8, 4) is 0 Å². The molecule has 1 fully saturated rings. The van der Waals surface area contributed by atoms with Gasteiger partial charge in [0.2, 0.25) is 5.96 Å². The van der Waals surface area contributed by atoms with Gasteiger partial charge in [-0.25, -0.2) is 4.72 Å². The second-order valence-electron chi connectivity index (χ2n) is 4.24. The number of hydrogen-bond acceptors (Lipinski definition) is 4.